The van der Waals surface area contributed by atoms with Crippen LogP contribution >= 0.6 is 0 Å². The third-order valence-electron chi connectivity index (χ3n) is 1.49. The van der Waals surface area contributed by atoms with Crippen molar-refractivity contribution in [1.29, 1.82) is 0 Å². The van der Waals surface area contributed by atoms with Crippen LogP contribution in [0.3, 0.4) is 0 Å². The topological polar surface area (TPSA) is 56.0 Å². The molecule has 1 heterocycles. The van der Waals surface area contributed by atoms with Crippen LogP contribution in [0.15, 0.2) is 18.3 Å². The maximum Gasteiger partial charge on any atom is 0.433 e. The van der Waals surface area contributed by atoms with E-state index in [-0.39, 0.29) is 12.0 Å². The van der Waals surface area contributed by atoms with E-state index in [1.807, 2.05) is 0 Å². The summed E-state index contributed by atoms with van der Waals surface area (Å²) in [6.07, 6.45) is -3.71. The summed E-state index contributed by atoms with van der Waals surface area (Å²) >= 11 is 0. The van der Waals surface area contributed by atoms with E-state index in [2.05, 4.69) is 4.98 Å². The van der Waals surface area contributed by atoms with E-state index in [9.17, 15) is 18.0 Å². The van der Waals surface area contributed by atoms with Gasteiger partial charge in [-0.1, -0.05) is 0 Å². The van der Waals surface area contributed by atoms with Crippen molar-refractivity contribution in [2.24, 2.45) is 5.73 Å². The number of nitrogens with zero attached hydrogens (tertiary/aromatic N) is 1. The third-order valence-corrected chi connectivity index (χ3v) is 1.49. The van der Waals surface area contributed by atoms with Gasteiger partial charge in [-0.25, -0.2) is 0 Å². The van der Waals surface area contributed by atoms with Crippen LogP contribution in [0.25, 0.3) is 0 Å². The lowest BCUT2D eigenvalue weighted by molar-refractivity contribution is -0.141. The van der Waals surface area contributed by atoms with Crippen molar-refractivity contribution in [1.82, 2.24) is 4.98 Å². The number of carbonyl (C=O) groups excluding carboxylic acids is 1. The van der Waals surface area contributed by atoms with E-state index in [0.717, 1.165) is 12.3 Å². The summed E-state index contributed by atoms with van der Waals surface area (Å²) in [7, 11) is 0. The average Bonchev–Trinajstić information content (AvgIpc) is 2.01. The molecule has 14 heavy (non-hydrogen) atoms. The van der Waals surface area contributed by atoms with Gasteiger partial charge < -0.3 is 5.73 Å². The number of pyridine rings is 1. The monoisotopic (exact) mass is 204 g/mol. The lowest BCUT2D eigenvalue weighted by atomic mass is 10.1. The summed E-state index contributed by atoms with van der Waals surface area (Å²) in [6.45, 7) is 0. The van der Waals surface area contributed by atoms with Crippen LogP contribution in [-0.4, -0.2) is 10.9 Å². The van der Waals surface area contributed by atoms with Gasteiger partial charge in [0.2, 0.25) is 5.91 Å². The first-order valence-electron chi connectivity index (χ1n) is 3.70. The van der Waals surface area contributed by atoms with Crippen molar-refractivity contribution in [2.45, 2.75) is 12.6 Å². The van der Waals surface area contributed by atoms with Gasteiger partial charge in [-0.15, -0.1) is 0 Å². The number of carbonyl (C=O) groups is 1. The molecule has 0 saturated carbocycles. The zero-order valence-electron chi connectivity index (χ0n) is 7.01. The van der Waals surface area contributed by atoms with Crippen LogP contribution in [0.4, 0.5) is 13.2 Å². The van der Waals surface area contributed by atoms with Crippen molar-refractivity contribution in [3.63, 3.8) is 0 Å². The molecule has 1 rings (SSSR count). The number of nitrogens with two attached hydrogens (primary N) is 1. The van der Waals surface area contributed by atoms with Crippen molar-refractivity contribution >= 4 is 5.91 Å². The zero-order valence-corrected chi connectivity index (χ0v) is 7.01. The maximum absolute atomic E-state index is 12.1. The summed E-state index contributed by atoms with van der Waals surface area (Å²) in [5, 5.41) is 0. The predicted molar refractivity (Wildman–Crippen MR) is 42.1 cm³/mol. The van der Waals surface area contributed by atoms with Gasteiger partial charge in [0.05, 0.1) is 6.42 Å². The highest BCUT2D eigenvalue weighted by molar-refractivity contribution is 5.76. The molecule has 0 aliphatic carbocycles. The first kappa shape index (κ1) is 10.5. The lowest BCUT2D eigenvalue weighted by Gasteiger charge is -2.06. The van der Waals surface area contributed by atoms with Crippen LogP contribution in [-0.2, 0) is 17.4 Å². The molecule has 3 nitrogen and oxygen atoms in total. The van der Waals surface area contributed by atoms with E-state index in [1.165, 1.54) is 6.07 Å². The Morgan fingerprint density at radius 3 is 2.64 bits per heavy atom. The first-order chi connectivity index (χ1) is 6.39. The van der Waals surface area contributed by atoms with E-state index in [4.69, 9.17) is 5.73 Å². The predicted octanol–water partition coefficient (Wildman–Crippen LogP) is 1.13. The molecule has 0 aliphatic heterocycles. The molecule has 1 amide bonds. The second-order valence-corrected chi connectivity index (χ2v) is 2.69. The Hall–Kier alpha value is -1.59. The van der Waals surface area contributed by atoms with Gasteiger partial charge in [-0.2, -0.15) is 13.2 Å². The Labute approximate surface area is 77.7 Å². The largest absolute Gasteiger partial charge is 0.433 e. The minimum Gasteiger partial charge on any atom is -0.369 e. The standard InChI is InChI=1S/C8H7F3N2O/c9-8(10,11)6-3-5(1-2-13-6)4-7(12)14/h1-3H,4H2,(H2,12,14). The molecule has 2 N–H and O–H groups in total. The second-order valence-electron chi connectivity index (χ2n) is 2.69. The summed E-state index contributed by atoms with van der Waals surface area (Å²) in [5.74, 6) is -0.677. The Balaban J connectivity index is 2.95. The van der Waals surface area contributed by atoms with Crippen molar-refractivity contribution < 1.29 is 18.0 Å². The number of alkyl halides is 3. The van der Waals surface area contributed by atoms with Crippen molar-refractivity contribution in [2.75, 3.05) is 0 Å². The van der Waals surface area contributed by atoms with Crippen LogP contribution in [0.5, 0.6) is 0 Å². The third kappa shape index (κ3) is 2.72. The summed E-state index contributed by atoms with van der Waals surface area (Å²) < 4.78 is 36.4. The average molecular weight is 204 g/mol. The molecule has 0 atom stereocenters. The molecule has 0 unspecified atom stereocenters. The van der Waals surface area contributed by atoms with Crippen LogP contribution < -0.4 is 5.73 Å². The molecule has 76 valence electrons. The maximum atomic E-state index is 12.1. The first-order valence-corrected chi connectivity index (χ1v) is 3.70. The van der Waals surface area contributed by atoms with Crippen LogP contribution in [0, 0.1) is 0 Å². The van der Waals surface area contributed by atoms with E-state index >= 15 is 0 Å². The zero-order chi connectivity index (χ0) is 10.8. The van der Waals surface area contributed by atoms with E-state index in [1.54, 1.807) is 0 Å². The molecule has 0 aliphatic rings. The fourth-order valence-corrected chi connectivity index (χ4v) is 0.940. The number of hydrogen-bond donors (Lipinski definition) is 1. The summed E-state index contributed by atoms with van der Waals surface area (Å²) in [5.41, 5.74) is 4.03. The van der Waals surface area contributed by atoms with E-state index in [0.29, 0.717) is 0 Å². The molecule has 0 aromatic carbocycles. The summed E-state index contributed by atoms with van der Waals surface area (Å²) in [4.78, 5) is 13.6. The molecule has 1 aromatic rings. The Morgan fingerprint density at radius 1 is 1.50 bits per heavy atom. The number of rotatable bonds is 2. The van der Waals surface area contributed by atoms with Crippen LogP contribution in [0.1, 0.15) is 11.3 Å². The Morgan fingerprint density at radius 2 is 2.14 bits per heavy atom. The van der Waals surface area contributed by atoms with Crippen molar-refractivity contribution in [3.8, 4) is 0 Å². The number of hydrogen-bond acceptors (Lipinski definition) is 2. The minimum atomic E-state index is -4.49. The van der Waals surface area contributed by atoms with Crippen LogP contribution in [0.2, 0.25) is 0 Å². The number of primary amides is 1. The highest BCUT2D eigenvalue weighted by atomic mass is 19.4. The Kier molecular flexibility index (Phi) is 2.73. The molecular weight excluding hydrogens is 197 g/mol. The molecule has 0 bridgehead atoms. The van der Waals surface area contributed by atoms with Gasteiger partial charge in [0.1, 0.15) is 5.69 Å². The van der Waals surface area contributed by atoms with Gasteiger partial charge in [0, 0.05) is 6.20 Å². The lowest BCUT2D eigenvalue weighted by Crippen LogP contribution is -2.15. The highest BCUT2D eigenvalue weighted by Crippen LogP contribution is 2.27. The smallest absolute Gasteiger partial charge is 0.369 e. The molecule has 0 saturated heterocycles. The molecule has 0 spiro atoms. The SMILES string of the molecule is NC(=O)Cc1ccnc(C(F)(F)F)c1. The molecule has 0 radical (unpaired) electrons. The number of halogens is 3. The number of aromatic nitrogens is 1. The van der Waals surface area contributed by atoms with Gasteiger partial charge in [0.15, 0.2) is 0 Å². The fraction of sp³-hybridized carbons (Fsp3) is 0.250. The molecule has 0 fully saturated rings. The highest BCUT2D eigenvalue weighted by Gasteiger charge is 2.32. The van der Waals surface area contributed by atoms with Crippen molar-refractivity contribution in [3.05, 3.63) is 29.6 Å². The molecular formula is C8H7F3N2O. The van der Waals surface area contributed by atoms with Gasteiger partial charge in [0.25, 0.3) is 0 Å². The molecule has 6 heteroatoms. The summed E-state index contributed by atoms with van der Waals surface area (Å²) in [6, 6.07) is 2.13. The quantitative estimate of drug-likeness (QED) is 0.784. The fourth-order valence-electron chi connectivity index (χ4n) is 0.940. The minimum absolute atomic E-state index is 0.208. The molecule has 1 aromatic heterocycles. The van der Waals surface area contributed by atoms with Gasteiger partial charge >= 0.3 is 6.18 Å². The Bertz CT molecular complexity index is 349. The van der Waals surface area contributed by atoms with Gasteiger partial charge in [-0.05, 0) is 17.7 Å². The normalized spacial score (nSPS) is 11.4. The van der Waals surface area contributed by atoms with Gasteiger partial charge in [-0.3, -0.25) is 9.78 Å². The van der Waals surface area contributed by atoms with E-state index < -0.39 is 17.8 Å². The second kappa shape index (κ2) is 3.65. The number of amides is 1.